The molecular weight excluding hydrogens is 236 g/mol. The van der Waals surface area contributed by atoms with E-state index in [1.165, 1.54) is 6.42 Å². The number of aryl methyl sites for hydroxylation is 1. The second kappa shape index (κ2) is 5.64. The number of amides is 1. The largest absolute Gasteiger partial charge is 0.387 e. The van der Waals surface area contributed by atoms with Crippen molar-refractivity contribution in [2.24, 2.45) is 5.92 Å². The zero-order valence-corrected chi connectivity index (χ0v) is 12.4. The third-order valence-electron chi connectivity index (χ3n) is 4.05. The minimum Gasteiger partial charge on any atom is -0.387 e. The summed E-state index contributed by atoms with van der Waals surface area (Å²) in [5, 5.41) is 3.12. The van der Waals surface area contributed by atoms with Crippen molar-refractivity contribution in [1.82, 2.24) is 4.90 Å². The molecule has 2 atom stereocenters. The topological polar surface area (TPSA) is 32.3 Å². The monoisotopic (exact) mass is 260 g/mol. The highest BCUT2D eigenvalue weighted by Crippen LogP contribution is 2.26. The zero-order valence-electron chi connectivity index (χ0n) is 12.4. The molecule has 1 aliphatic heterocycles. The van der Waals surface area contributed by atoms with Gasteiger partial charge in [0.25, 0.3) is 5.91 Å². The van der Waals surface area contributed by atoms with Gasteiger partial charge in [-0.05, 0) is 44.7 Å². The molecule has 1 aliphatic rings. The van der Waals surface area contributed by atoms with Crippen LogP contribution >= 0.6 is 0 Å². The number of anilines is 1. The molecule has 0 radical (unpaired) electrons. The molecule has 1 fully saturated rings. The van der Waals surface area contributed by atoms with Crippen LogP contribution in [0.1, 0.15) is 42.6 Å². The van der Waals surface area contributed by atoms with Crippen molar-refractivity contribution < 1.29 is 4.79 Å². The van der Waals surface area contributed by atoms with E-state index in [-0.39, 0.29) is 5.91 Å². The first-order valence-electron chi connectivity index (χ1n) is 7.12. The lowest BCUT2D eigenvalue weighted by Crippen LogP contribution is -2.45. The molecule has 2 rings (SSSR count). The highest BCUT2D eigenvalue weighted by Gasteiger charge is 2.28. The SMILES string of the molecule is CNc1ccc(C)cc1C(=O)N1CC(C)CCC1C. The molecule has 0 bridgehead atoms. The van der Waals surface area contributed by atoms with Gasteiger partial charge in [0.1, 0.15) is 0 Å². The Morgan fingerprint density at radius 3 is 2.74 bits per heavy atom. The molecule has 3 heteroatoms. The summed E-state index contributed by atoms with van der Waals surface area (Å²) in [7, 11) is 1.86. The molecule has 0 aromatic heterocycles. The maximum atomic E-state index is 12.8. The lowest BCUT2D eigenvalue weighted by Gasteiger charge is -2.37. The predicted molar refractivity (Wildman–Crippen MR) is 79.6 cm³/mol. The summed E-state index contributed by atoms with van der Waals surface area (Å²) in [6.07, 6.45) is 2.32. The molecule has 1 heterocycles. The summed E-state index contributed by atoms with van der Waals surface area (Å²) in [4.78, 5) is 14.8. The van der Waals surface area contributed by atoms with Crippen LogP contribution in [0, 0.1) is 12.8 Å². The van der Waals surface area contributed by atoms with Crippen LogP contribution in [-0.2, 0) is 0 Å². The average Bonchev–Trinajstić information content (AvgIpc) is 2.40. The minimum absolute atomic E-state index is 0.159. The van der Waals surface area contributed by atoms with Crippen LogP contribution in [0.3, 0.4) is 0 Å². The van der Waals surface area contributed by atoms with Gasteiger partial charge in [-0.15, -0.1) is 0 Å². The first-order chi connectivity index (χ1) is 9.02. The summed E-state index contributed by atoms with van der Waals surface area (Å²) in [5.41, 5.74) is 2.84. The number of carbonyl (C=O) groups is 1. The Balaban J connectivity index is 2.30. The second-order valence-corrected chi connectivity index (χ2v) is 5.79. The number of hydrogen-bond acceptors (Lipinski definition) is 2. The molecule has 1 amide bonds. The van der Waals surface area contributed by atoms with Crippen LogP contribution in [0.25, 0.3) is 0 Å². The van der Waals surface area contributed by atoms with Gasteiger partial charge in [-0.1, -0.05) is 18.6 Å². The summed E-state index contributed by atoms with van der Waals surface area (Å²) < 4.78 is 0. The third-order valence-corrected chi connectivity index (χ3v) is 4.05. The highest BCUT2D eigenvalue weighted by atomic mass is 16.2. The summed E-state index contributed by atoms with van der Waals surface area (Å²) in [6, 6.07) is 6.35. The molecule has 1 aromatic carbocycles. The fraction of sp³-hybridized carbons (Fsp3) is 0.562. The average molecular weight is 260 g/mol. The Hall–Kier alpha value is -1.51. The molecule has 2 unspecified atom stereocenters. The lowest BCUT2D eigenvalue weighted by molar-refractivity contribution is 0.0575. The Bertz CT molecular complexity index is 470. The smallest absolute Gasteiger partial charge is 0.256 e. The molecule has 1 aromatic rings. The molecule has 0 spiro atoms. The molecule has 1 saturated heterocycles. The van der Waals surface area contributed by atoms with Crippen molar-refractivity contribution in [2.75, 3.05) is 18.9 Å². The Labute approximate surface area is 116 Å². The molecule has 1 N–H and O–H groups in total. The molecule has 3 nitrogen and oxygen atoms in total. The van der Waals surface area contributed by atoms with Gasteiger partial charge < -0.3 is 10.2 Å². The van der Waals surface area contributed by atoms with E-state index in [0.29, 0.717) is 12.0 Å². The van der Waals surface area contributed by atoms with Gasteiger partial charge >= 0.3 is 0 Å². The van der Waals surface area contributed by atoms with Gasteiger partial charge in [-0.25, -0.2) is 0 Å². The molecule has 0 saturated carbocycles. The third kappa shape index (κ3) is 2.91. The number of hydrogen-bond donors (Lipinski definition) is 1. The Morgan fingerprint density at radius 2 is 2.05 bits per heavy atom. The number of benzene rings is 1. The van der Waals surface area contributed by atoms with Crippen molar-refractivity contribution in [2.45, 2.75) is 39.7 Å². The number of piperidine rings is 1. The van der Waals surface area contributed by atoms with Gasteiger partial charge in [-0.2, -0.15) is 0 Å². The van der Waals surface area contributed by atoms with Gasteiger partial charge in [0.05, 0.1) is 5.56 Å². The van der Waals surface area contributed by atoms with E-state index in [1.807, 2.05) is 37.1 Å². The van der Waals surface area contributed by atoms with Crippen LogP contribution < -0.4 is 5.32 Å². The van der Waals surface area contributed by atoms with Crippen molar-refractivity contribution in [3.8, 4) is 0 Å². The number of nitrogens with one attached hydrogen (secondary N) is 1. The minimum atomic E-state index is 0.159. The van der Waals surface area contributed by atoms with Crippen molar-refractivity contribution in [3.63, 3.8) is 0 Å². The van der Waals surface area contributed by atoms with Crippen molar-refractivity contribution in [1.29, 1.82) is 0 Å². The number of nitrogens with zero attached hydrogens (tertiary/aromatic N) is 1. The molecular formula is C16H24N2O. The van der Waals surface area contributed by atoms with Crippen LogP contribution in [0.5, 0.6) is 0 Å². The van der Waals surface area contributed by atoms with Crippen LogP contribution in [0.2, 0.25) is 0 Å². The summed E-state index contributed by atoms with van der Waals surface area (Å²) >= 11 is 0. The standard InChI is InChI=1S/C16H24N2O/c1-11-6-8-15(17-4)14(9-11)16(19)18-10-12(2)5-7-13(18)3/h6,8-9,12-13,17H,5,7,10H2,1-4H3. The second-order valence-electron chi connectivity index (χ2n) is 5.79. The number of rotatable bonds is 2. The first kappa shape index (κ1) is 13.9. The molecule has 19 heavy (non-hydrogen) atoms. The van der Waals surface area contributed by atoms with E-state index in [2.05, 4.69) is 19.2 Å². The van der Waals surface area contributed by atoms with Crippen molar-refractivity contribution >= 4 is 11.6 Å². The van der Waals surface area contributed by atoms with Crippen molar-refractivity contribution in [3.05, 3.63) is 29.3 Å². The zero-order chi connectivity index (χ0) is 14.0. The fourth-order valence-corrected chi connectivity index (χ4v) is 2.78. The van der Waals surface area contributed by atoms with Crippen LogP contribution in [-0.4, -0.2) is 30.4 Å². The predicted octanol–water partition coefficient (Wildman–Crippen LogP) is 3.30. The van der Waals surface area contributed by atoms with Crippen LogP contribution in [0.15, 0.2) is 18.2 Å². The van der Waals surface area contributed by atoms with E-state index in [1.54, 1.807) is 0 Å². The maximum absolute atomic E-state index is 12.8. The van der Waals surface area contributed by atoms with Crippen LogP contribution in [0.4, 0.5) is 5.69 Å². The summed E-state index contributed by atoms with van der Waals surface area (Å²) in [6.45, 7) is 7.27. The highest BCUT2D eigenvalue weighted by molar-refractivity contribution is 6.00. The summed E-state index contributed by atoms with van der Waals surface area (Å²) in [5.74, 6) is 0.759. The Morgan fingerprint density at radius 1 is 1.32 bits per heavy atom. The quantitative estimate of drug-likeness (QED) is 0.885. The first-order valence-corrected chi connectivity index (χ1v) is 7.12. The number of likely N-dealkylation sites (tertiary alicyclic amines) is 1. The Kier molecular flexibility index (Phi) is 4.13. The lowest BCUT2D eigenvalue weighted by atomic mass is 9.94. The maximum Gasteiger partial charge on any atom is 0.256 e. The van der Waals surface area contributed by atoms with E-state index in [9.17, 15) is 4.79 Å². The van der Waals surface area contributed by atoms with E-state index >= 15 is 0 Å². The van der Waals surface area contributed by atoms with Gasteiger partial charge in [0.2, 0.25) is 0 Å². The normalized spacial score (nSPS) is 23.3. The van der Waals surface area contributed by atoms with E-state index in [0.717, 1.165) is 29.8 Å². The number of carbonyl (C=O) groups excluding carboxylic acids is 1. The van der Waals surface area contributed by atoms with Gasteiger partial charge in [0.15, 0.2) is 0 Å². The van der Waals surface area contributed by atoms with Gasteiger partial charge in [-0.3, -0.25) is 4.79 Å². The molecule has 0 aliphatic carbocycles. The van der Waals surface area contributed by atoms with E-state index in [4.69, 9.17) is 0 Å². The fourth-order valence-electron chi connectivity index (χ4n) is 2.78. The van der Waals surface area contributed by atoms with Gasteiger partial charge in [0, 0.05) is 25.3 Å². The molecule has 104 valence electrons. The van der Waals surface area contributed by atoms with E-state index < -0.39 is 0 Å².